The third kappa shape index (κ3) is 3.36. The van der Waals surface area contributed by atoms with Crippen molar-refractivity contribution in [3.8, 4) is 0 Å². The number of nitrogens with one attached hydrogen (secondary N) is 1. The number of likely N-dealkylation sites (N-methyl/N-ethyl adjacent to an activating group) is 1. The highest BCUT2D eigenvalue weighted by atomic mass is 32.2. The Kier molecular flexibility index (Phi) is 4.24. The van der Waals surface area contributed by atoms with Gasteiger partial charge in [0.2, 0.25) is 0 Å². The first kappa shape index (κ1) is 10.5. The van der Waals surface area contributed by atoms with Gasteiger partial charge in [-0.05, 0) is 37.7 Å². The van der Waals surface area contributed by atoms with Crippen LogP contribution >= 0.6 is 0 Å². The molecule has 0 aliphatic carbocycles. The summed E-state index contributed by atoms with van der Waals surface area (Å²) in [5, 5.41) is 8.29. The number of nitrogens with two attached hydrogens (primary N) is 1. The third-order valence-electron chi connectivity index (χ3n) is 1.82. The predicted molar refractivity (Wildman–Crippen MR) is 54.7 cm³/mol. The smallest absolute Gasteiger partial charge is 0.173 e. The lowest BCUT2D eigenvalue weighted by Crippen LogP contribution is -2.13. The lowest BCUT2D eigenvalue weighted by molar-refractivity contribution is 0.596. The molecule has 4 heteroatoms. The molecule has 0 saturated heterocycles. The second-order valence-corrected chi connectivity index (χ2v) is 3.86. The summed E-state index contributed by atoms with van der Waals surface area (Å²) in [6.45, 7) is 0.949. The quantitative estimate of drug-likeness (QED) is 0.690. The largest absolute Gasteiger partial charge is 0.593 e. The van der Waals surface area contributed by atoms with Crippen LogP contribution in [0, 0.1) is 0 Å². The van der Waals surface area contributed by atoms with E-state index in [1.165, 1.54) is 5.56 Å². The van der Waals surface area contributed by atoms with Crippen LogP contribution < -0.4 is 10.5 Å². The van der Waals surface area contributed by atoms with Gasteiger partial charge in [-0.25, -0.2) is 0 Å². The van der Waals surface area contributed by atoms with E-state index in [9.17, 15) is 4.55 Å². The molecule has 1 atom stereocenters. The van der Waals surface area contributed by atoms with Gasteiger partial charge < -0.3 is 9.87 Å². The Morgan fingerprint density at radius 1 is 1.38 bits per heavy atom. The molecule has 1 aromatic rings. The second kappa shape index (κ2) is 5.24. The van der Waals surface area contributed by atoms with Gasteiger partial charge >= 0.3 is 0 Å². The van der Waals surface area contributed by atoms with E-state index in [-0.39, 0.29) is 0 Å². The molecule has 0 aliphatic heterocycles. The molecule has 0 radical (unpaired) electrons. The van der Waals surface area contributed by atoms with Crippen molar-refractivity contribution in [2.24, 2.45) is 5.14 Å². The monoisotopic (exact) mass is 198 g/mol. The van der Waals surface area contributed by atoms with Gasteiger partial charge in [-0.1, -0.05) is 12.1 Å². The highest BCUT2D eigenvalue weighted by Crippen LogP contribution is 2.08. The Morgan fingerprint density at radius 2 is 2.00 bits per heavy atom. The molecule has 1 rings (SSSR count). The van der Waals surface area contributed by atoms with E-state index in [4.69, 9.17) is 5.14 Å². The highest BCUT2D eigenvalue weighted by Gasteiger charge is 2.03. The van der Waals surface area contributed by atoms with E-state index in [1.807, 2.05) is 19.2 Å². The van der Waals surface area contributed by atoms with E-state index >= 15 is 0 Å². The van der Waals surface area contributed by atoms with Crippen molar-refractivity contribution in [3.63, 3.8) is 0 Å². The molecule has 1 unspecified atom stereocenters. The molecular formula is C9H14N2OS. The Morgan fingerprint density at radius 3 is 2.46 bits per heavy atom. The van der Waals surface area contributed by atoms with Crippen molar-refractivity contribution in [2.45, 2.75) is 11.3 Å². The first-order valence-electron chi connectivity index (χ1n) is 4.13. The lowest BCUT2D eigenvalue weighted by Gasteiger charge is -2.04. The molecule has 0 saturated carbocycles. The third-order valence-corrected chi connectivity index (χ3v) is 2.56. The van der Waals surface area contributed by atoms with Gasteiger partial charge in [-0.2, -0.15) is 0 Å². The van der Waals surface area contributed by atoms with Crippen LogP contribution in [0.5, 0.6) is 0 Å². The van der Waals surface area contributed by atoms with Gasteiger partial charge in [0.15, 0.2) is 4.90 Å². The molecule has 0 aromatic heterocycles. The van der Waals surface area contributed by atoms with E-state index in [0.717, 1.165) is 13.0 Å². The molecule has 72 valence electrons. The van der Waals surface area contributed by atoms with Gasteiger partial charge in [0.05, 0.1) is 11.4 Å². The zero-order valence-corrected chi connectivity index (χ0v) is 8.43. The molecule has 0 spiro atoms. The molecule has 0 bridgehead atoms. The number of benzene rings is 1. The second-order valence-electron chi connectivity index (χ2n) is 2.79. The van der Waals surface area contributed by atoms with Crippen molar-refractivity contribution in [1.82, 2.24) is 5.32 Å². The van der Waals surface area contributed by atoms with Crippen molar-refractivity contribution < 1.29 is 4.55 Å². The molecule has 0 amide bonds. The first-order valence-corrected chi connectivity index (χ1v) is 5.35. The van der Waals surface area contributed by atoms with Crippen molar-refractivity contribution in [2.75, 3.05) is 13.6 Å². The number of hydrogen-bond acceptors (Lipinski definition) is 3. The lowest BCUT2D eigenvalue weighted by atomic mass is 10.1. The van der Waals surface area contributed by atoms with Crippen LogP contribution in [0.2, 0.25) is 0 Å². The average molecular weight is 198 g/mol. The minimum atomic E-state index is -1.36. The average Bonchev–Trinajstić information content (AvgIpc) is 2.15. The Hall–Kier alpha value is -0.550. The molecule has 3 N–H and O–H groups in total. The summed E-state index contributed by atoms with van der Waals surface area (Å²) in [4.78, 5) is 0.674. The Bertz CT molecular complexity index is 248. The molecule has 0 fully saturated rings. The SMILES string of the molecule is CNCCc1ccc([S+](N)[O-])cc1. The summed E-state index contributed by atoms with van der Waals surface area (Å²) in [6, 6.07) is 7.52. The zero-order chi connectivity index (χ0) is 9.68. The Balaban J connectivity index is 2.59. The van der Waals surface area contributed by atoms with Crippen molar-refractivity contribution >= 4 is 11.4 Å². The van der Waals surface area contributed by atoms with E-state index in [1.54, 1.807) is 12.1 Å². The maximum Gasteiger partial charge on any atom is 0.173 e. The van der Waals surface area contributed by atoms with Crippen LogP contribution in [-0.2, 0) is 17.8 Å². The summed E-state index contributed by atoms with van der Waals surface area (Å²) < 4.78 is 10.8. The molecule has 1 aromatic carbocycles. The van der Waals surface area contributed by atoms with Gasteiger partial charge in [0.1, 0.15) is 0 Å². The van der Waals surface area contributed by atoms with Crippen LogP contribution in [0.1, 0.15) is 5.56 Å². The van der Waals surface area contributed by atoms with Crippen LogP contribution in [0.4, 0.5) is 0 Å². The van der Waals surface area contributed by atoms with E-state index in [0.29, 0.717) is 4.90 Å². The van der Waals surface area contributed by atoms with Gasteiger partial charge in [0.25, 0.3) is 0 Å². The van der Waals surface area contributed by atoms with Crippen LogP contribution in [-0.4, -0.2) is 18.1 Å². The van der Waals surface area contributed by atoms with E-state index < -0.39 is 11.4 Å². The summed E-state index contributed by atoms with van der Waals surface area (Å²) >= 11 is -1.36. The summed E-state index contributed by atoms with van der Waals surface area (Å²) in [6.07, 6.45) is 0.980. The van der Waals surface area contributed by atoms with Gasteiger partial charge in [0, 0.05) is 0 Å². The fourth-order valence-electron chi connectivity index (χ4n) is 1.06. The fraction of sp³-hybridized carbons (Fsp3) is 0.333. The number of rotatable bonds is 4. The van der Waals surface area contributed by atoms with E-state index in [2.05, 4.69) is 5.32 Å². The van der Waals surface area contributed by atoms with Crippen LogP contribution in [0.15, 0.2) is 29.2 Å². The normalized spacial score (nSPS) is 12.8. The molecule has 3 nitrogen and oxygen atoms in total. The molecule has 0 heterocycles. The topological polar surface area (TPSA) is 61.1 Å². The molecule has 0 aliphatic rings. The van der Waals surface area contributed by atoms with Crippen molar-refractivity contribution in [1.29, 1.82) is 0 Å². The standard InChI is InChI=1S/C9H14N2OS/c1-11-7-6-8-2-4-9(5-3-8)13(10)12/h2-5,11H,6-7,10H2,1H3. The highest BCUT2D eigenvalue weighted by molar-refractivity contribution is 7.89. The minimum Gasteiger partial charge on any atom is -0.593 e. The van der Waals surface area contributed by atoms with Gasteiger partial charge in [-0.15, -0.1) is 5.14 Å². The maximum atomic E-state index is 10.8. The molecule has 13 heavy (non-hydrogen) atoms. The fourth-order valence-corrected chi connectivity index (χ4v) is 1.46. The van der Waals surface area contributed by atoms with Crippen molar-refractivity contribution in [3.05, 3.63) is 29.8 Å². The van der Waals surface area contributed by atoms with Crippen LogP contribution in [0.25, 0.3) is 0 Å². The predicted octanol–water partition coefficient (Wildman–Crippen LogP) is 0.430. The van der Waals surface area contributed by atoms with Crippen LogP contribution in [0.3, 0.4) is 0 Å². The summed E-state index contributed by atoms with van der Waals surface area (Å²) in [5.74, 6) is 0. The Labute approximate surface area is 81.6 Å². The number of hydrogen-bond donors (Lipinski definition) is 2. The minimum absolute atomic E-state index is 0.674. The zero-order valence-electron chi connectivity index (χ0n) is 7.62. The summed E-state index contributed by atoms with van der Waals surface area (Å²) in [7, 11) is 1.92. The summed E-state index contributed by atoms with van der Waals surface area (Å²) in [5.41, 5.74) is 1.23. The van der Waals surface area contributed by atoms with Gasteiger partial charge in [-0.3, -0.25) is 0 Å². The maximum absolute atomic E-state index is 10.8. The molecular weight excluding hydrogens is 184 g/mol. The first-order chi connectivity index (χ1) is 6.24.